The number of nitrogens with zero attached hydrogens (tertiary/aromatic N) is 2. The molecule has 2 rings (SSSR count). The van der Waals surface area contributed by atoms with Crippen LogP contribution in [-0.2, 0) is 4.74 Å². The average Bonchev–Trinajstić information content (AvgIpc) is 2.73. The van der Waals surface area contributed by atoms with Crippen molar-refractivity contribution >= 4 is 11.6 Å². The molecule has 0 aromatic heterocycles. The first kappa shape index (κ1) is 14.6. The van der Waals surface area contributed by atoms with E-state index in [1.807, 2.05) is 0 Å². The van der Waals surface area contributed by atoms with Gasteiger partial charge in [-0.3, -0.25) is 4.90 Å². The first-order valence-electron chi connectivity index (χ1n) is 7.28. The molecule has 4 heteroatoms. The van der Waals surface area contributed by atoms with Crippen LogP contribution in [0.25, 0.3) is 0 Å². The maximum atomic E-state index is 6.69. The van der Waals surface area contributed by atoms with Crippen molar-refractivity contribution in [3.63, 3.8) is 0 Å². The number of ether oxygens (including phenoxy) is 1. The minimum Gasteiger partial charge on any atom is -0.372 e. The van der Waals surface area contributed by atoms with E-state index >= 15 is 0 Å². The Kier molecular flexibility index (Phi) is 4.58. The van der Waals surface area contributed by atoms with E-state index in [0.717, 1.165) is 32.7 Å². The van der Waals surface area contributed by atoms with Crippen LogP contribution >= 0.6 is 11.6 Å². The molecule has 0 N–H and O–H groups in total. The van der Waals surface area contributed by atoms with Gasteiger partial charge in [0.2, 0.25) is 0 Å². The summed E-state index contributed by atoms with van der Waals surface area (Å²) in [4.78, 5) is 2.32. The third kappa shape index (κ3) is 2.69. The van der Waals surface area contributed by atoms with Gasteiger partial charge in [-0.25, -0.2) is 5.32 Å². The van der Waals surface area contributed by atoms with Crippen LogP contribution in [0.15, 0.2) is 0 Å². The quantitative estimate of drug-likeness (QED) is 0.569. The Labute approximate surface area is 116 Å². The summed E-state index contributed by atoms with van der Waals surface area (Å²) in [7, 11) is 0. The zero-order valence-corrected chi connectivity index (χ0v) is 12.7. The maximum absolute atomic E-state index is 6.69. The van der Waals surface area contributed by atoms with Gasteiger partial charge < -0.3 is 4.74 Å². The molecule has 2 saturated heterocycles. The standard InChI is InChI=1S/C14H26ClN2O/c1-4-13(3,5-2)7-10-17-9-6-12-14(17,15)16-8-11-18-12/h12H,4-11H2,1-3H3. The molecule has 0 amide bonds. The normalized spacial score (nSPS) is 33.7. The fourth-order valence-corrected chi connectivity index (χ4v) is 3.31. The highest BCUT2D eigenvalue weighted by molar-refractivity contribution is 6.24. The zero-order valence-electron chi connectivity index (χ0n) is 11.9. The molecule has 0 spiro atoms. The van der Waals surface area contributed by atoms with E-state index < -0.39 is 5.12 Å². The SMILES string of the molecule is CCC(C)(CC)CCN1CCC2OCC[N]C21Cl. The largest absolute Gasteiger partial charge is 0.372 e. The molecule has 3 nitrogen and oxygen atoms in total. The van der Waals surface area contributed by atoms with Gasteiger partial charge in [0.1, 0.15) is 6.10 Å². The smallest absolute Gasteiger partial charge is 0.190 e. The van der Waals surface area contributed by atoms with Gasteiger partial charge in [0.05, 0.1) is 6.61 Å². The number of alkyl halides is 1. The molecule has 18 heavy (non-hydrogen) atoms. The van der Waals surface area contributed by atoms with Gasteiger partial charge in [0, 0.05) is 19.6 Å². The van der Waals surface area contributed by atoms with Gasteiger partial charge in [-0.15, -0.1) is 0 Å². The van der Waals surface area contributed by atoms with Crippen molar-refractivity contribution in [2.45, 2.75) is 57.7 Å². The number of halogens is 1. The van der Waals surface area contributed by atoms with E-state index in [4.69, 9.17) is 16.3 Å². The number of rotatable bonds is 5. The molecule has 105 valence electrons. The summed E-state index contributed by atoms with van der Waals surface area (Å²) in [6.07, 6.45) is 4.76. The Morgan fingerprint density at radius 2 is 2.17 bits per heavy atom. The van der Waals surface area contributed by atoms with Crippen molar-refractivity contribution < 1.29 is 4.74 Å². The Morgan fingerprint density at radius 3 is 2.83 bits per heavy atom. The zero-order chi connectivity index (χ0) is 13.2. The molecule has 0 aliphatic carbocycles. The lowest BCUT2D eigenvalue weighted by Crippen LogP contribution is -2.57. The number of fused-ring (bicyclic) bond motifs is 1. The van der Waals surface area contributed by atoms with Crippen LogP contribution in [0.4, 0.5) is 0 Å². The minimum atomic E-state index is -0.569. The molecule has 0 bridgehead atoms. The molecule has 2 unspecified atom stereocenters. The second-order valence-corrected chi connectivity index (χ2v) is 6.48. The van der Waals surface area contributed by atoms with Crippen molar-refractivity contribution in [3.8, 4) is 0 Å². The van der Waals surface area contributed by atoms with E-state index in [0.29, 0.717) is 5.41 Å². The first-order valence-corrected chi connectivity index (χ1v) is 7.66. The molecule has 0 aromatic rings. The fraction of sp³-hybridized carbons (Fsp3) is 1.00. The molecule has 2 heterocycles. The number of hydrogen-bond acceptors (Lipinski definition) is 2. The molecule has 2 aliphatic heterocycles. The average molecular weight is 274 g/mol. The van der Waals surface area contributed by atoms with Crippen LogP contribution in [-0.4, -0.2) is 42.4 Å². The predicted octanol–water partition coefficient (Wildman–Crippen LogP) is 2.80. The molecular formula is C14H26ClN2O. The van der Waals surface area contributed by atoms with Crippen LogP contribution < -0.4 is 5.32 Å². The summed E-state index contributed by atoms with van der Waals surface area (Å²) in [6, 6.07) is 0. The summed E-state index contributed by atoms with van der Waals surface area (Å²) in [5, 5.41) is 4.05. The highest BCUT2D eigenvalue weighted by Crippen LogP contribution is 2.38. The van der Waals surface area contributed by atoms with E-state index in [1.165, 1.54) is 19.3 Å². The maximum Gasteiger partial charge on any atom is 0.190 e. The first-order chi connectivity index (χ1) is 8.54. The molecule has 0 saturated carbocycles. The fourth-order valence-electron chi connectivity index (χ4n) is 2.88. The summed E-state index contributed by atoms with van der Waals surface area (Å²) in [5.41, 5.74) is 0.431. The van der Waals surface area contributed by atoms with E-state index in [9.17, 15) is 0 Å². The van der Waals surface area contributed by atoms with Crippen molar-refractivity contribution in [3.05, 3.63) is 0 Å². The summed E-state index contributed by atoms with van der Waals surface area (Å²) >= 11 is 6.69. The van der Waals surface area contributed by atoms with E-state index in [2.05, 4.69) is 31.0 Å². The Hall–Kier alpha value is 0.170. The second kappa shape index (κ2) is 5.66. The van der Waals surface area contributed by atoms with Crippen LogP contribution in [0.3, 0.4) is 0 Å². The predicted molar refractivity (Wildman–Crippen MR) is 74.8 cm³/mol. The highest BCUT2D eigenvalue weighted by atomic mass is 35.5. The van der Waals surface area contributed by atoms with Crippen LogP contribution in [0, 0.1) is 5.41 Å². The van der Waals surface area contributed by atoms with Crippen molar-refractivity contribution in [1.29, 1.82) is 0 Å². The Bertz CT molecular complexity index is 283. The highest BCUT2D eigenvalue weighted by Gasteiger charge is 2.50. The Morgan fingerprint density at radius 1 is 1.44 bits per heavy atom. The summed E-state index contributed by atoms with van der Waals surface area (Å²) in [6.45, 7) is 10.4. The van der Waals surface area contributed by atoms with Crippen LogP contribution in [0.1, 0.15) is 46.5 Å². The molecule has 0 aromatic carbocycles. The summed E-state index contributed by atoms with van der Waals surface area (Å²) < 4.78 is 5.75. The topological polar surface area (TPSA) is 26.6 Å². The molecule has 2 atom stereocenters. The molecule has 2 aliphatic rings. The van der Waals surface area contributed by atoms with E-state index in [-0.39, 0.29) is 6.10 Å². The summed E-state index contributed by atoms with van der Waals surface area (Å²) in [5.74, 6) is 0. The monoisotopic (exact) mass is 273 g/mol. The van der Waals surface area contributed by atoms with Gasteiger partial charge in [-0.2, -0.15) is 0 Å². The lowest BCUT2D eigenvalue weighted by Gasteiger charge is -2.40. The minimum absolute atomic E-state index is 0.0995. The molecule has 2 fully saturated rings. The number of likely N-dealkylation sites (tertiary alicyclic amines) is 1. The van der Waals surface area contributed by atoms with Crippen molar-refractivity contribution in [1.82, 2.24) is 10.2 Å². The van der Waals surface area contributed by atoms with Crippen molar-refractivity contribution in [2.24, 2.45) is 5.41 Å². The van der Waals surface area contributed by atoms with Crippen LogP contribution in [0.2, 0.25) is 0 Å². The van der Waals surface area contributed by atoms with Crippen molar-refractivity contribution in [2.75, 3.05) is 26.2 Å². The van der Waals surface area contributed by atoms with Gasteiger partial charge in [-0.05, 0) is 18.3 Å². The van der Waals surface area contributed by atoms with Gasteiger partial charge in [-0.1, -0.05) is 45.2 Å². The van der Waals surface area contributed by atoms with Gasteiger partial charge >= 0.3 is 0 Å². The Balaban J connectivity index is 1.94. The molecule has 1 radical (unpaired) electrons. The van der Waals surface area contributed by atoms with Crippen LogP contribution in [0.5, 0.6) is 0 Å². The number of hydrogen-bond donors (Lipinski definition) is 0. The second-order valence-electron chi connectivity index (χ2n) is 5.92. The lowest BCUT2D eigenvalue weighted by molar-refractivity contribution is -0.0428. The third-order valence-electron chi connectivity index (χ3n) is 4.95. The van der Waals surface area contributed by atoms with Gasteiger partial charge in [0.25, 0.3) is 0 Å². The lowest BCUT2D eigenvalue weighted by atomic mass is 9.81. The van der Waals surface area contributed by atoms with E-state index in [1.54, 1.807) is 0 Å². The third-order valence-corrected chi connectivity index (χ3v) is 5.55. The number of morpholine rings is 1. The molecular weight excluding hydrogens is 248 g/mol. The van der Waals surface area contributed by atoms with Gasteiger partial charge in [0.15, 0.2) is 5.12 Å².